The molecule has 0 saturated carbocycles. The maximum atomic E-state index is 13.0. The first-order valence-corrected chi connectivity index (χ1v) is 9.49. The van der Waals surface area contributed by atoms with Crippen LogP contribution in [0.5, 0.6) is 0 Å². The van der Waals surface area contributed by atoms with Gasteiger partial charge < -0.3 is 0 Å². The van der Waals surface area contributed by atoms with Gasteiger partial charge in [0, 0.05) is 12.0 Å². The maximum Gasteiger partial charge on any atom is 0.267 e. The first-order valence-electron chi connectivity index (χ1n) is 8.05. The van der Waals surface area contributed by atoms with Gasteiger partial charge in [-0.3, -0.25) is 9.59 Å². The number of amides is 1. The Balaban J connectivity index is 2.04. The number of hydrogen-bond donors (Lipinski definition) is 0. The highest BCUT2D eigenvalue weighted by molar-refractivity contribution is 7.89. The van der Waals surface area contributed by atoms with Gasteiger partial charge in [0.15, 0.2) is 5.78 Å². The minimum Gasteiger partial charge on any atom is -0.292 e. The van der Waals surface area contributed by atoms with Gasteiger partial charge in [0.1, 0.15) is 6.04 Å². The molecule has 3 rings (SSSR count). The lowest BCUT2D eigenvalue weighted by molar-refractivity contribution is -0.124. The van der Waals surface area contributed by atoms with Crippen LogP contribution in [-0.2, 0) is 14.8 Å². The number of nitrogens with zero attached hydrogens (tertiary/aromatic N) is 1. The molecular formula is C19H19NO4S. The molecule has 6 heteroatoms. The fraction of sp³-hybridized carbons (Fsp3) is 0.263. The van der Waals surface area contributed by atoms with Crippen LogP contribution in [-0.4, -0.2) is 30.5 Å². The lowest BCUT2D eigenvalue weighted by Crippen LogP contribution is -2.44. The summed E-state index contributed by atoms with van der Waals surface area (Å²) in [6.45, 7) is 3.58. The third-order valence-electron chi connectivity index (χ3n) is 4.44. The first-order chi connectivity index (χ1) is 11.8. The molecule has 2 aromatic rings. The number of Topliss-reactive ketones (excluding diaryl/α,β-unsaturated/α-hetero) is 1. The summed E-state index contributed by atoms with van der Waals surface area (Å²) in [5, 5.41) is 0. The Morgan fingerprint density at radius 3 is 2.24 bits per heavy atom. The molecule has 0 N–H and O–H groups in total. The molecule has 1 aliphatic rings. The van der Waals surface area contributed by atoms with E-state index in [2.05, 4.69) is 0 Å². The number of sulfonamides is 1. The molecule has 1 saturated heterocycles. The zero-order valence-corrected chi connectivity index (χ0v) is 14.9. The summed E-state index contributed by atoms with van der Waals surface area (Å²) in [5.41, 5.74) is 1.31. The van der Waals surface area contributed by atoms with Crippen molar-refractivity contribution in [2.75, 3.05) is 0 Å². The summed E-state index contributed by atoms with van der Waals surface area (Å²) in [6.07, 6.45) is 0.0360. The summed E-state index contributed by atoms with van der Waals surface area (Å²) in [6, 6.07) is 13.7. The molecule has 2 aromatic carbocycles. The summed E-state index contributed by atoms with van der Waals surface area (Å²) in [5.74, 6) is -1.27. The standard InChI is InChI=1S/C19H19NO4S/c1-13-8-10-16(11-9-13)25(23,24)20-17(21)12-14(2)18(20)19(22)15-6-4-3-5-7-15/h3-11,14,18H,12H2,1-2H3/t14-,18+/m1/s1. The van der Waals surface area contributed by atoms with Gasteiger partial charge >= 0.3 is 0 Å². The van der Waals surface area contributed by atoms with Crippen molar-refractivity contribution < 1.29 is 18.0 Å². The zero-order chi connectivity index (χ0) is 18.2. The topological polar surface area (TPSA) is 71.5 Å². The van der Waals surface area contributed by atoms with Gasteiger partial charge in [0.2, 0.25) is 5.91 Å². The first kappa shape index (κ1) is 17.4. The van der Waals surface area contributed by atoms with Crippen LogP contribution in [0, 0.1) is 12.8 Å². The largest absolute Gasteiger partial charge is 0.292 e. The molecule has 25 heavy (non-hydrogen) atoms. The van der Waals surface area contributed by atoms with Crippen molar-refractivity contribution in [3.63, 3.8) is 0 Å². The highest BCUT2D eigenvalue weighted by Crippen LogP contribution is 2.33. The Labute approximate surface area is 147 Å². The van der Waals surface area contributed by atoms with E-state index >= 15 is 0 Å². The lowest BCUT2D eigenvalue weighted by Gasteiger charge is -2.25. The molecule has 0 bridgehead atoms. The number of hydrogen-bond acceptors (Lipinski definition) is 4. The summed E-state index contributed by atoms with van der Waals surface area (Å²) >= 11 is 0. The zero-order valence-electron chi connectivity index (χ0n) is 14.0. The SMILES string of the molecule is Cc1ccc(S(=O)(=O)N2C(=O)C[C@@H](C)[C@H]2C(=O)c2ccccc2)cc1. The van der Waals surface area contributed by atoms with Gasteiger partial charge in [-0.05, 0) is 25.0 Å². The molecule has 5 nitrogen and oxygen atoms in total. The van der Waals surface area contributed by atoms with Gasteiger partial charge in [-0.2, -0.15) is 0 Å². The van der Waals surface area contributed by atoms with Crippen molar-refractivity contribution in [3.05, 3.63) is 65.7 Å². The highest BCUT2D eigenvalue weighted by Gasteiger charge is 2.48. The van der Waals surface area contributed by atoms with Crippen LogP contribution in [0.15, 0.2) is 59.5 Å². The quantitative estimate of drug-likeness (QED) is 0.789. The van der Waals surface area contributed by atoms with Crippen molar-refractivity contribution in [1.82, 2.24) is 4.31 Å². The summed E-state index contributed by atoms with van der Waals surface area (Å²) in [4.78, 5) is 25.3. The molecule has 0 aromatic heterocycles. The van der Waals surface area contributed by atoms with Gasteiger partial charge in [0.05, 0.1) is 4.90 Å². The molecule has 0 spiro atoms. The van der Waals surface area contributed by atoms with Crippen molar-refractivity contribution in [2.45, 2.75) is 31.2 Å². The highest BCUT2D eigenvalue weighted by atomic mass is 32.2. The van der Waals surface area contributed by atoms with E-state index in [1.807, 2.05) is 6.92 Å². The van der Waals surface area contributed by atoms with E-state index in [0.717, 1.165) is 9.87 Å². The minimum absolute atomic E-state index is 0.0198. The van der Waals surface area contributed by atoms with Crippen molar-refractivity contribution in [3.8, 4) is 0 Å². The Kier molecular flexibility index (Phi) is 4.47. The molecule has 0 unspecified atom stereocenters. The minimum atomic E-state index is -4.08. The fourth-order valence-electron chi connectivity index (χ4n) is 3.11. The van der Waals surface area contributed by atoms with Crippen LogP contribution >= 0.6 is 0 Å². The molecule has 0 radical (unpaired) electrons. The second-order valence-electron chi connectivity index (χ2n) is 6.36. The predicted molar refractivity (Wildman–Crippen MR) is 93.6 cm³/mol. The normalized spacial score (nSPS) is 20.7. The van der Waals surface area contributed by atoms with E-state index in [1.165, 1.54) is 12.1 Å². The van der Waals surface area contributed by atoms with Crippen LogP contribution in [0.4, 0.5) is 0 Å². The van der Waals surface area contributed by atoms with Crippen LogP contribution in [0.25, 0.3) is 0 Å². The van der Waals surface area contributed by atoms with Crippen LogP contribution in [0.1, 0.15) is 29.3 Å². The van der Waals surface area contributed by atoms with Crippen molar-refractivity contribution in [1.29, 1.82) is 0 Å². The van der Waals surface area contributed by atoms with E-state index < -0.39 is 22.0 Å². The Bertz CT molecular complexity index is 904. The van der Waals surface area contributed by atoms with Gasteiger partial charge in [-0.1, -0.05) is 55.0 Å². The third-order valence-corrected chi connectivity index (χ3v) is 6.26. The number of ketones is 1. The Morgan fingerprint density at radius 1 is 1.04 bits per heavy atom. The van der Waals surface area contributed by atoms with Gasteiger partial charge in [-0.15, -0.1) is 0 Å². The molecular weight excluding hydrogens is 338 g/mol. The van der Waals surface area contributed by atoms with Crippen LogP contribution < -0.4 is 0 Å². The van der Waals surface area contributed by atoms with Gasteiger partial charge in [-0.25, -0.2) is 12.7 Å². The van der Waals surface area contributed by atoms with Crippen LogP contribution in [0.3, 0.4) is 0 Å². The van der Waals surface area contributed by atoms with E-state index in [4.69, 9.17) is 0 Å². The monoisotopic (exact) mass is 357 g/mol. The van der Waals surface area contributed by atoms with E-state index in [0.29, 0.717) is 5.56 Å². The third kappa shape index (κ3) is 3.09. The van der Waals surface area contributed by atoms with Crippen LogP contribution in [0.2, 0.25) is 0 Å². The number of carbonyl (C=O) groups excluding carboxylic acids is 2. The lowest BCUT2D eigenvalue weighted by atomic mass is 9.95. The maximum absolute atomic E-state index is 13.0. The predicted octanol–water partition coefficient (Wildman–Crippen LogP) is 2.80. The molecule has 2 atom stereocenters. The molecule has 0 aliphatic carbocycles. The number of benzene rings is 2. The average molecular weight is 357 g/mol. The Hall–Kier alpha value is -2.47. The molecule has 1 aliphatic heterocycles. The summed E-state index contributed by atoms with van der Waals surface area (Å²) < 4.78 is 26.8. The van der Waals surface area contributed by atoms with Gasteiger partial charge in [0.25, 0.3) is 10.0 Å². The van der Waals surface area contributed by atoms with E-state index in [9.17, 15) is 18.0 Å². The van der Waals surface area contributed by atoms with E-state index in [-0.39, 0.29) is 23.0 Å². The Morgan fingerprint density at radius 2 is 1.64 bits per heavy atom. The molecule has 1 fully saturated rings. The summed E-state index contributed by atoms with van der Waals surface area (Å²) in [7, 11) is -4.08. The fourth-order valence-corrected chi connectivity index (χ4v) is 4.76. The second-order valence-corrected chi connectivity index (χ2v) is 8.18. The van der Waals surface area contributed by atoms with E-state index in [1.54, 1.807) is 49.4 Å². The molecule has 1 heterocycles. The number of aryl methyl sites for hydroxylation is 1. The molecule has 130 valence electrons. The molecule has 1 amide bonds. The van der Waals surface area contributed by atoms with Crippen molar-refractivity contribution in [2.24, 2.45) is 5.92 Å². The smallest absolute Gasteiger partial charge is 0.267 e. The second kappa shape index (κ2) is 6.44. The number of carbonyl (C=O) groups is 2. The number of rotatable bonds is 4. The van der Waals surface area contributed by atoms with Crippen molar-refractivity contribution >= 4 is 21.7 Å². The average Bonchev–Trinajstić information content (AvgIpc) is 2.90.